The summed E-state index contributed by atoms with van der Waals surface area (Å²) in [6, 6.07) is 0. The first kappa shape index (κ1) is 11.6. The molecule has 1 N–H and O–H groups in total. The molecular formula is C10H16N2O. The van der Waals surface area contributed by atoms with Crippen LogP contribution in [0.15, 0.2) is 36.6 Å². The lowest BCUT2D eigenvalue weighted by atomic mass is 10.2. The monoisotopic (exact) mass is 180 g/mol. The summed E-state index contributed by atoms with van der Waals surface area (Å²) in [6.45, 7) is 8.02. The summed E-state index contributed by atoms with van der Waals surface area (Å²) in [4.78, 5) is 12.2. The fraction of sp³-hybridized carbons (Fsp3) is 0.300. The quantitative estimate of drug-likeness (QED) is 0.487. The minimum absolute atomic E-state index is 0.635. The van der Waals surface area contributed by atoms with Gasteiger partial charge in [-0.15, -0.1) is 0 Å². The molecule has 0 aromatic carbocycles. The van der Waals surface area contributed by atoms with E-state index in [1.807, 2.05) is 19.0 Å². The van der Waals surface area contributed by atoms with Gasteiger partial charge in [-0.05, 0) is 25.7 Å². The van der Waals surface area contributed by atoms with E-state index in [1.54, 1.807) is 12.2 Å². The summed E-state index contributed by atoms with van der Waals surface area (Å²) in [5, 5.41) is 2.57. The van der Waals surface area contributed by atoms with Gasteiger partial charge in [-0.3, -0.25) is 4.79 Å². The van der Waals surface area contributed by atoms with E-state index in [0.29, 0.717) is 12.1 Å². The van der Waals surface area contributed by atoms with Crippen LogP contribution in [0.1, 0.15) is 0 Å². The number of carbonyl (C=O) groups excluding carboxylic acids is 1. The Labute approximate surface area is 79.4 Å². The van der Waals surface area contributed by atoms with Gasteiger partial charge in [0.2, 0.25) is 6.41 Å². The van der Waals surface area contributed by atoms with Gasteiger partial charge in [0.05, 0.1) is 0 Å². The van der Waals surface area contributed by atoms with Crippen LogP contribution in [-0.4, -0.2) is 32.0 Å². The molecule has 3 heteroatoms. The van der Waals surface area contributed by atoms with E-state index in [0.717, 1.165) is 12.1 Å². The summed E-state index contributed by atoms with van der Waals surface area (Å²) in [7, 11) is 3.90. The molecule has 0 saturated carbocycles. The van der Waals surface area contributed by atoms with E-state index in [1.165, 1.54) is 0 Å². The van der Waals surface area contributed by atoms with E-state index < -0.39 is 0 Å². The highest BCUT2D eigenvalue weighted by molar-refractivity contribution is 5.53. The molecule has 0 aliphatic rings. The maximum absolute atomic E-state index is 10.2. The fourth-order valence-corrected chi connectivity index (χ4v) is 0.947. The van der Waals surface area contributed by atoms with Crippen LogP contribution in [0.4, 0.5) is 0 Å². The van der Waals surface area contributed by atoms with Crippen molar-refractivity contribution in [3.05, 3.63) is 36.6 Å². The van der Waals surface area contributed by atoms with Gasteiger partial charge in [-0.1, -0.05) is 19.2 Å². The van der Waals surface area contributed by atoms with Crippen molar-refractivity contribution in [3.8, 4) is 0 Å². The van der Waals surface area contributed by atoms with Gasteiger partial charge in [0.1, 0.15) is 0 Å². The zero-order valence-electron chi connectivity index (χ0n) is 8.21. The zero-order valence-corrected chi connectivity index (χ0v) is 8.21. The van der Waals surface area contributed by atoms with Crippen molar-refractivity contribution >= 4 is 6.41 Å². The molecule has 0 heterocycles. The lowest BCUT2D eigenvalue weighted by Gasteiger charge is -2.13. The van der Waals surface area contributed by atoms with Gasteiger partial charge in [0.25, 0.3) is 0 Å². The summed E-state index contributed by atoms with van der Waals surface area (Å²) in [5.74, 6) is 0. The highest BCUT2D eigenvalue weighted by Gasteiger charge is 2.00. The van der Waals surface area contributed by atoms with Crippen molar-refractivity contribution in [2.24, 2.45) is 0 Å². The van der Waals surface area contributed by atoms with Crippen LogP contribution in [-0.2, 0) is 4.79 Å². The Balaban J connectivity index is 4.69. The number of allylic oxidation sites excluding steroid dienone is 1. The van der Waals surface area contributed by atoms with E-state index in [2.05, 4.69) is 18.5 Å². The zero-order chi connectivity index (χ0) is 10.3. The van der Waals surface area contributed by atoms with Crippen LogP contribution in [0.25, 0.3) is 0 Å². The normalized spacial score (nSPS) is 11.9. The Morgan fingerprint density at radius 3 is 2.31 bits per heavy atom. The first-order valence-corrected chi connectivity index (χ1v) is 3.98. The Kier molecular flexibility index (Phi) is 5.55. The van der Waals surface area contributed by atoms with Crippen molar-refractivity contribution in [3.63, 3.8) is 0 Å². The molecule has 0 unspecified atom stereocenters. The van der Waals surface area contributed by atoms with Crippen molar-refractivity contribution in [1.82, 2.24) is 10.2 Å². The topological polar surface area (TPSA) is 32.3 Å². The molecule has 0 aliphatic heterocycles. The molecule has 72 valence electrons. The van der Waals surface area contributed by atoms with Crippen molar-refractivity contribution in [2.45, 2.75) is 0 Å². The number of likely N-dealkylation sites (N-methyl/N-ethyl adjacent to an activating group) is 1. The molecule has 0 aliphatic carbocycles. The first-order valence-electron chi connectivity index (χ1n) is 3.98. The number of nitrogens with zero attached hydrogens (tertiary/aromatic N) is 1. The lowest BCUT2D eigenvalue weighted by Crippen LogP contribution is -2.19. The maximum Gasteiger partial charge on any atom is 0.211 e. The second kappa shape index (κ2) is 6.20. The highest BCUT2D eigenvalue weighted by atomic mass is 16.1. The molecular weight excluding hydrogens is 164 g/mol. The second-order valence-corrected chi connectivity index (χ2v) is 2.85. The van der Waals surface area contributed by atoms with Crippen LogP contribution in [0.2, 0.25) is 0 Å². The molecule has 0 atom stereocenters. The molecule has 0 bridgehead atoms. The Morgan fingerprint density at radius 2 is 2.00 bits per heavy atom. The maximum atomic E-state index is 10.2. The van der Waals surface area contributed by atoms with Crippen molar-refractivity contribution in [1.29, 1.82) is 0 Å². The highest BCUT2D eigenvalue weighted by Crippen LogP contribution is 2.04. The Hall–Kier alpha value is -1.35. The lowest BCUT2D eigenvalue weighted by molar-refractivity contribution is -0.108. The van der Waals surface area contributed by atoms with Gasteiger partial charge in [0.15, 0.2) is 0 Å². The van der Waals surface area contributed by atoms with Gasteiger partial charge < -0.3 is 10.2 Å². The predicted molar refractivity (Wildman–Crippen MR) is 55.2 cm³/mol. The average Bonchev–Trinajstić information content (AvgIpc) is 2.10. The van der Waals surface area contributed by atoms with Crippen LogP contribution in [0, 0.1) is 0 Å². The number of rotatable bonds is 6. The van der Waals surface area contributed by atoms with Gasteiger partial charge >= 0.3 is 0 Å². The smallest absolute Gasteiger partial charge is 0.211 e. The molecule has 13 heavy (non-hydrogen) atoms. The molecule has 0 saturated heterocycles. The fourth-order valence-electron chi connectivity index (χ4n) is 0.947. The molecule has 0 fully saturated rings. The van der Waals surface area contributed by atoms with Gasteiger partial charge in [-0.25, -0.2) is 0 Å². The minimum atomic E-state index is 0.635. The van der Waals surface area contributed by atoms with Crippen LogP contribution >= 0.6 is 0 Å². The van der Waals surface area contributed by atoms with Gasteiger partial charge in [0, 0.05) is 12.2 Å². The van der Waals surface area contributed by atoms with E-state index in [4.69, 9.17) is 0 Å². The first-order chi connectivity index (χ1) is 6.15. The predicted octanol–water partition coefficient (Wildman–Crippen LogP) is 0.920. The third-order valence-corrected chi connectivity index (χ3v) is 1.50. The van der Waals surface area contributed by atoms with Crippen molar-refractivity contribution < 1.29 is 4.79 Å². The molecule has 1 amide bonds. The van der Waals surface area contributed by atoms with Crippen LogP contribution in [0.3, 0.4) is 0 Å². The minimum Gasteiger partial charge on any atom is -0.328 e. The number of amides is 1. The number of hydrogen-bond donors (Lipinski definition) is 1. The largest absolute Gasteiger partial charge is 0.328 e. The third kappa shape index (κ3) is 4.28. The van der Waals surface area contributed by atoms with Crippen LogP contribution < -0.4 is 5.32 Å². The summed E-state index contributed by atoms with van der Waals surface area (Å²) in [5.41, 5.74) is 1.66. The van der Waals surface area contributed by atoms with E-state index in [9.17, 15) is 4.79 Å². The number of nitrogens with one attached hydrogen (secondary N) is 1. The SMILES string of the molecule is C=C/C(CN(C)C)=C(\C=C)NC=O. The molecule has 0 aromatic heterocycles. The molecule has 0 aromatic rings. The van der Waals surface area contributed by atoms with E-state index in [-0.39, 0.29) is 0 Å². The van der Waals surface area contributed by atoms with Crippen LogP contribution in [0.5, 0.6) is 0 Å². The van der Waals surface area contributed by atoms with E-state index >= 15 is 0 Å². The molecule has 3 nitrogen and oxygen atoms in total. The average molecular weight is 180 g/mol. The van der Waals surface area contributed by atoms with Crippen molar-refractivity contribution in [2.75, 3.05) is 20.6 Å². The molecule has 0 spiro atoms. The summed E-state index contributed by atoms with van der Waals surface area (Å²) in [6.07, 6.45) is 3.96. The summed E-state index contributed by atoms with van der Waals surface area (Å²) >= 11 is 0. The van der Waals surface area contributed by atoms with Gasteiger partial charge in [-0.2, -0.15) is 0 Å². The summed E-state index contributed by atoms with van der Waals surface area (Å²) < 4.78 is 0. The third-order valence-electron chi connectivity index (χ3n) is 1.50. The molecule has 0 radical (unpaired) electrons. The number of hydrogen-bond acceptors (Lipinski definition) is 2. The number of carbonyl (C=O) groups is 1. The standard InChI is InChI=1S/C10H16N2O/c1-5-9(7-12(3)4)10(6-2)11-8-13/h5-6,8H,1-2,7H2,3-4H3,(H,11,13)/b10-9-. The Morgan fingerprint density at radius 1 is 1.38 bits per heavy atom. The second-order valence-electron chi connectivity index (χ2n) is 2.85. The molecule has 0 rings (SSSR count). The Bertz CT molecular complexity index is 229.